The van der Waals surface area contributed by atoms with Crippen molar-refractivity contribution in [2.24, 2.45) is 0 Å². The number of hydrogen-bond donors (Lipinski definition) is 1. The minimum absolute atomic E-state index is 0.00302. The van der Waals surface area contributed by atoms with E-state index < -0.39 is 4.92 Å². The summed E-state index contributed by atoms with van der Waals surface area (Å²) in [4.78, 5) is 14.5. The molecule has 0 aliphatic rings. The Hall–Kier alpha value is -2.34. The number of aromatic nitrogens is 1. The van der Waals surface area contributed by atoms with Gasteiger partial charge in [0, 0.05) is 30.9 Å². The van der Waals surface area contributed by atoms with Crippen LogP contribution in [0.15, 0.2) is 36.5 Å². The van der Waals surface area contributed by atoms with Crippen LogP contribution in [0.25, 0.3) is 0 Å². The first-order valence-electron chi connectivity index (χ1n) is 5.92. The van der Waals surface area contributed by atoms with Gasteiger partial charge in [0.2, 0.25) is 5.88 Å². The zero-order chi connectivity index (χ0) is 14.5. The van der Waals surface area contributed by atoms with Gasteiger partial charge in [-0.3, -0.25) is 10.1 Å². The molecule has 7 heteroatoms. The molecular weight excluding hydrogens is 282 g/mol. The predicted octanol–water partition coefficient (Wildman–Crippen LogP) is 3.87. The predicted molar refractivity (Wildman–Crippen MR) is 76.6 cm³/mol. The maximum atomic E-state index is 10.9. The number of benzene rings is 1. The number of ether oxygens (including phenoxy) is 1. The van der Waals surface area contributed by atoms with Crippen LogP contribution in [0.2, 0.25) is 5.02 Å². The van der Waals surface area contributed by atoms with E-state index in [0.29, 0.717) is 28.9 Å². The molecule has 1 heterocycles. The number of pyridine rings is 1. The van der Waals surface area contributed by atoms with Crippen molar-refractivity contribution in [1.82, 2.24) is 4.98 Å². The van der Waals surface area contributed by atoms with Gasteiger partial charge in [0.25, 0.3) is 5.69 Å². The minimum Gasteiger partial charge on any atom is -0.439 e. The Kier molecular flexibility index (Phi) is 4.37. The Morgan fingerprint density at radius 2 is 2.20 bits per heavy atom. The van der Waals surface area contributed by atoms with Gasteiger partial charge < -0.3 is 10.1 Å². The molecule has 0 aliphatic heterocycles. The van der Waals surface area contributed by atoms with Crippen LogP contribution in [0.4, 0.5) is 11.4 Å². The van der Waals surface area contributed by atoms with E-state index in [1.807, 2.05) is 6.92 Å². The van der Waals surface area contributed by atoms with Gasteiger partial charge in [-0.2, -0.15) is 0 Å². The maximum Gasteiger partial charge on any atom is 0.292 e. The third-order valence-corrected chi connectivity index (χ3v) is 2.68. The molecule has 0 spiro atoms. The van der Waals surface area contributed by atoms with Gasteiger partial charge in [-0.1, -0.05) is 11.6 Å². The van der Waals surface area contributed by atoms with E-state index in [4.69, 9.17) is 16.3 Å². The number of rotatable bonds is 5. The van der Waals surface area contributed by atoms with E-state index in [1.54, 1.807) is 18.2 Å². The van der Waals surface area contributed by atoms with Gasteiger partial charge in [0.1, 0.15) is 11.4 Å². The number of nitro benzene ring substituents is 1. The third kappa shape index (κ3) is 3.36. The van der Waals surface area contributed by atoms with Crippen LogP contribution in [0.1, 0.15) is 6.92 Å². The number of nitrogens with zero attached hydrogens (tertiary/aromatic N) is 2. The summed E-state index contributed by atoms with van der Waals surface area (Å²) in [5, 5.41) is 14.3. The van der Waals surface area contributed by atoms with Crippen LogP contribution in [-0.2, 0) is 0 Å². The Labute approximate surface area is 120 Å². The first-order chi connectivity index (χ1) is 9.60. The van der Waals surface area contributed by atoms with Crippen molar-refractivity contribution in [1.29, 1.82) is 0 Å². The summed E-state index contributed by atoms with van der Waals surface area (Å²) >= 11 is 5.73. The molecule has 2 aromatic rings. The molecule has 2 rings (SSSR count). The van der Waals surface area contributed by atoms with Crippen LogP contribution >= 0.6 is 11.6 Å². The van der Waals surface area contributed by atoms with Crippen molar-refractivity contribution >= 4 is 23.0 Å². The molecule has 1 aromatic heterocycles. The van der Waals surface area contributed by atoms with Crippen LogP contribution in [-0.4, -0.2) is 16.5 Å². The molecule has 0 amide bonds. The third-order valence-electron chi connectivity index (χ3n) is 2.45. The second-order valence-corrected chi connectivity index (χ2v) is 4.32. The fraction of sp³-hybridized carbons (Fsp3) is 0.154. The van der Waals surface area contributed by atoms with Crippen molar-refractivity contribution < 1.29 is 9.66 Å². The van der Waals surface area contributed by atoms with Crippen molar-refractivity contribution in [3.8, 4) is 11.6 Å². The average molecular weight is 294 g/mol. The van der Waals surface area contributed by atoms with E-state index in [9.17, 15) is 10.1 Å². The topological polar surface area (TPSA) is 77.3 Å². The van der Waals surface area contributed by atoms with Crippen molar-refractivity contribution in [3.63, 3.8) is 0 Å². The highest BCUT2D eigenvalue weighted by molar-refractivity contribution is 6.30. The monoisotopic (exact) mass is 293 g/mol. The molecule has 0 unspecified atom stereocenters. The highest BCUT2D eigenvalue weighted by Gasteiger charge is 2.14. The Balaban J connectivity index is 2.26. The molecule has 0 radical (unpaired) electrons. The normalized spacial score (nSPS) is 10.1. The van der Waals surface area contributed by atoms with Gasteiger partial charge in [-0.15, -0.1) is 0 Å². The van der Waals surface area contributed by atoms with Gasteiger partial charge in [0.05, 0.1) is 9.95 Å². The lowest BCUT2D eigenvalue weighted by Gasteiger charge is -2.08. The van der Waals surface area contributed by atoms with Gasteiger partial charge in [0.15, 0.2) is 0 Å². The lowest BCUT2D eigenvalue weighted by atomic mass is 10.2. The highest BCUT2D eigenvalue weighted by Crippen LogP contribution is 2.30. The standard InChI is InChI=1S/C13H12ClN3O3/c1-2-15-11-7-10(4-5-12(11)17(18)19)20-13-6-3-9(14)8-16-13/h3-8,15H,2H2,1H3. The van der Waals surface area contributed by atoms with Crippen molar-refractivity contribution in [3.05, 3.63) is 51.7 Å². The summed E-state index contributed by atoms with van der Waals surface area (Å²) in [6.45, 7) is 2.43. The minimum atomic E-state index is -0.442. The Bertz CT molecular complexity index is 617. The van der Waals surface area contributed by atoms with Gasteiger partial charge in [-0.05, 0) is 19.1 Å². The molecule has 0 saturated carbocycles. The second-order valence-electron chi connectivity index (χ2n) is 3.88. The number of hydrogen-bond acceptors (Lipinski definition) is 5. The number of nitrogens with one attached hydrogen (secondary N) is 1. The maximum absolute atomic E-state index is 10.9. The molecule has 1 aromatic carbocycles. The van der Waals surface area contributed by atoms with E-state index in [-0.39, 0.29) is 5.69 Å². The molecule has 0 bridgehead atoms. The van der Waals surface area contributed by atoms with E-state index in [0.717, 1.165) is 0 Å². The average Bonchev–Trinajstić information content (AvgIpc) is 2.42. The summed E-state index contributed by atoms with van der Waals surface area (Å²) < 4.78 is 5.52. The van der Waals surface area contributed by atoms with Crippen LogP contribution in [0, 0.1) is 10.1 Å². The second kappa shape index (κ2) is 6.21. The highest BCUT2D eigenvalue weighted by atomic mass is 35.5. The Morgan fingerprint density at radius 1 is 1.40 bits per heavy atom. The summed E-state index contributed by atoms with van der Waals surface area (Å²) in [6.07, 6.45) is 1.47. The zero-order valence-corrected chi connectivity index (χ0v) is 11.4. The molecule has 20 heavy (non-hydrogen) atoms. The first-order valence-corrected chi connectivity index (χ1v) is 6.29. The molecular formula is C13H12ClN3O3. The molecule has 1 N–H and O–H groups in total. The molecule has 0 atom stereocenters. The fourth-order valence-electron chi connectivity index (χ4n) is 1.61. The number of nitro groups is 1. The van der Waals surface area contributed by atoms with Crippen LogP contribution < -0.4 is 10.1 Å². The van der Waals surface area contributed by atoms with E-state index in [2.05, 4.69) is 10.3 Å². The van der Waals surface area contributed by atoms with Crippen LogP contribution in [0.3, 0.4) is 0 Å². The largest absolute Gasteiger partial charge is 0.439 e. The summed E-state index contributed by atoms with van der Waals surface area (Å²) in [5.41, 5.74) is 0.409. The quantitative estimate of drug-likeness (QED) is 0.669. The van der Waals surface area contributed by atoms with E-state index >= 15 is 0 Å². The van der Waals surface area contributed by atoms with Crippen molar-refractivity contribution in [2.75, 3.05) is 11.9 Å². The lowest BCUT2D eigenvalue weighted by Crippen LogP contribution is -2.01. The molecule has 6 nitrogen and oxygen atoms in total. The molecule has 0 aliphatic carbocycles. The molecule has 0 fully saturated rings. The van der Waals surface area contributed by atoms with Gasteiger partial charge in [-0.25, -0.2) is 4.98 Å². The number of anilines is 1. The smallest absolute Gasteiger partial charge is 0.292 e. The first kappa shape index (κ1) is 14.1. The van der Waals surface area contributed by atoms with E-state index in [1.165, 1.54) is 18.3 Å². The van der Waals surface area contributed by atoms with Crippen LogP contribution in [0.5, 0.6) is 11.6 Å². The van der Waals surface area contributed by atoms with Gasteiger partial charge >= 0.3 is 0 Å². The SMILES string of the molecule is CCNc1cc(Oc2ccc(Cl)cn2)ccc1[N+](=O)[O-]. The van der Waals surface area contributed by atoms with Crippen molar-refractivity contribution in [2.45, 2.75) is 6.92 Å². The summed E-state index contributed by atoms with van der Waals surface area (Å²) in [7, 11) is 0. The summed E-state index contributed by atoms with van der Waals surface area (Å²) in [6, 6.07) is 7.76. The zero-order valence-electron chi connectivity index (χ0n) is 10.7. The molecule has 0 saturated heterocycles. The summed E-state index contributed by atoms with van der Waals surface area (Å²) in [5.74, 6) is 0.826. The molecule has 104 valence electrons. The fourth-order valence-corrected chi connectivity index (χ4v) is 1.73. The Morgan fingerprint density at radius 3 is 2.80 bits per heavy atom. The lowest BCUT2D eigenvalue weighted by molar-refractivity contribution is -0.384. The number of halogens is 1.